The van der Waals surface area contributed by atoms with Crippen LogP contribution in [0.4, 0.5) is 4.39 Å². The fourth-order valence-electron chi connectivity index (χ4n) is 3.26. The number of ether oxygens (including phenoxy) is 1. The Labute approximate surface area is 147 Å². The highest BCUT2D eigenvalue weighted by molar-refractivity contribution is 5.78. The van der Waals surface area contributed by atoms with E-state index in [4.69, 9.17) is 4.74 Å². The number of likely N-dealkylation sites (tertiary alicyclic amines) is 1. The Morgan fingerprint density at radius 2 is 1.92 bits per heavy atom. The lowest BCUT2D eigenvalue weighted by Gasteiger charge is -2.24. The molecule has 1 fully saturated rings. The molecule has 0 aliphatic carbocycles. The van der Waals surface area contributed by atoms with Crippen molar-refractivity contribution in [1.82, 2.24) is 10.2 Å². The summed E-state index contributed by atoms with van der Waals surface area (Å²) in [5, 5.41) is 2.96. The van der Waals surface area contributed by atoms with E-state index in [2.05, 4.69) is 10.2 Å². The van der Waals surface area contributed by atoms with Gasteiger partial charge in [0.25, 0.3) is 0 Å². The first-order valence-corrected chi connectivity index (χ1v) is 8.55. The van der Waals surface area contributed by atoms with Crippen LogP contribution in [0.3, 0.4) is 0 Å². The van der Waals surface area contributed by atoms with Crippen molar-refractivity contribution in [1.29, 1.82) is 0 Å². The van der Waals surface area contributed by atoms with Crippen molar-refractivity contribution in [3.8, 4) is 5.75 Å². The van der Waals surface area contributed by atoms with E-state index in [-0.39, 0.29) is 17.8 Å². The van der Waals surface area contributed by atoms with Gasteiger partial charge in [-0.3, -0.25) is 9.69 Å². The Hall–Kier alpha value is -2.40. The van der Waals surface area contributed by atoms with Crippen molar-refractivity contribution in [2.24, 2.45) is 0 Å². The Kier molecular flexibility index (Phi) is 5.66. The molecule has 2 aromatic rings. The van der Waals surface area contributed by atoms with Crippen molar-refractivity contribution >= 4 is 5.91 Å². The first-order chi connectivity index (χ1) is 12.2. The lowest BCUT2D eigenvalue weighted by Crippen LogP contribution is -2.36. The molecule has 4 nitrogen and oxygen atoms in total. The second-order valence-corrected chi connectivity index (χ2v) is 6.30. The quantitative estimate of drug-likeness (QED) is 0.876. The van der Waals surface area contributed by atoms with E-state index in [0.717, 1.165) is 36.3 Å². The zero-order chi connectivity index (χ0) is 17.6. The van der Waals surface area contributed by atoms with Crippen LogP contribution in [0.5, 0.6) is 5.75 Å². The summed E-state index contributed by atoms with van der Waals surface area (Å²) in [5.41, 5.74) is 2.10. The number of halogens is 1. The van der Waals surface area contributed by atoms with Crippen molar-refractivity contribution in [2.45, 2.75) is 25.4 Å². The Balaban J connectivity index is 1.53. The number of methoxy groups -OCH3 is 1. The molecule has 1 heterocycles. The maximum absolute atomic E-state index is 13.1. The van der Waals surface area contributed by atoms with Crippen LogP contribution in [0, 0.1) is 5.82 Å². The highest BCUT2D eigenvalue weighted by Gasteiger charge is 2.27. The third-order valence-electron chi connectivity index (χ3n) is 4.61. The van der Waals surface area contributed by atoms with E-state index in [0.29, 0.717) is 13.1 Å². The van der Waals surface area contributed by atoms with Gasteiger partial charge in [0.15, 0.2) is 0 Å². The Morgan fingerprint density at radius 3 is 2.60 bits per heavy atom. The largest absolute Gasteiger partial charge is 0.497 e. The normalized spacial score (nSPS) is 17.4. The van der Waals surface area contributed by atoms with Crippen LogP contribution < -0.4 is 10.1 Å². The van der Waals surface area contributed by atoms with E-state index < -0.39 is 0 Å². The van der Waals surface area contributed by atoms with E-state index in [1.807, 2.05) is 36.4 Å². The van der Waals surface area contributed by atoms with Crippen molar-refractivity contribution < 1.29 is 13.9 Å². The van der Waals surface area contributed by atoms with Crippen molar-refractivity contribution in [2.75, 3.05) is 20.2 Å². The molecular formula is C20H23FN2O2. The summed E-state index contributed by atoms with van der Waals surface area (Å²) in [5.74, 6) is 0.574. The molecule has 1 atom stereocenters. The predicted molar refractivity (Wildman–Crippen MR) is 94.8 cm³/mol. The lowest BCUT2D eigenvalue weighted by atomic mass is 10.0. The zero-order valence-electron chi connectivity index (χ0n) is 14.4. The zero-order valence-corrected chi connectivity index (χ0v) is 14.4. The molecule has 1 saturated heterocycles. The van der Waals surface area contributed by atoms with Gasteiger partial charge in [-0.15, -0.1) is 0 Å². The van der Waals surface area contributed by atoms with Crippen molar-refractivity contribution in [3.05, 3.63) is 65.5 Å². The molecule has 0 aromatic heterocycles. The Morgan fingerprint density at radius 1 is 1.20 bits per heavy atom. The highest BCUT2D eigenvalue weighted by atomic mass is 19.1. The monoisotopic (exact) mass is 342 g/mol. The van der Waals surface area contributed by atoms with Gasteiger partial charge in [-0.1, -0.05) is 24.3 Å². The number of nitrogens with one attached hydrogen (secondary N) is 1. The second kappa shape index (κ2) is 8.12. The third-order valence-corrected chi connectivity index (χ3v) is 4.61. The molecule has 1 amide bonds. The number of carbonyl (C=O) groups is 1. The molecule has 2 aromatic carbocycles. The molecular weight excluding hydrogens is 319 g/mol. The molecule has 0 spiro atoms. The maximum Gasteiger partial charge on any atom is 0.234 e. The van der Waals surface area contributed by atoms with Crippen LogP contribution in [0.1, 0.15) is 30.0 Å². The molecule has 0 bridgehead atoms. The minimum Gasteiger partial charge on any atom is -0.497 e. The average molecular weight is 342 g/mol. The summed E-state index contributed by atoms with van der Waals surface area (Å²) in [6.07, 6.45) is 2.05. The van der Waals surface area contributed by atoms with Crippen LogP contribution >= 0.6 is 0 Å². The first kappa shape index (κ1) is 17.4. The molecule has 1 N–H and O–H groups in total. The number of benzene rings is 2. The predicted octanol–water partition coefficient (Wildman–Crippen LogP) is 3.29. The Bertz CT molecular complexity index is 701. The summed E-state index contributed by atoms with van der Waals surface area (Å²) in [6, 6.07) is 14.4. The van der Waals surface area contributed by atoms with Gasteiger partial charge in [-0.25, -0.2) is 4.39 Å². The van der Waals surface area contributed by atoms with Gasteiger partial charge in [-0.05, 0) is 54.8 Å². The minimum absolute atomic E-state index is 0.00447. The van der Waals surface area contributed by atoms with Gasteiger partial charge in [0, 0.05) is 12.6 Å². The molecule has 1 aliphatic rings. The first-order valence-electron chi connectivity index (χ1n) is 8.55. The summed E-state index contributed by atoms with van der Waals surface area (Å²) < 4.78 is 18.2. The number of nitrogens with zero attached hydrogens (tertiary/aromatic N) is 1. The molecule has 1 unspecified atom stereocenters. The van der Waals surface area contributed by atoms with Gasteiger partial charge < -0.3 is 10.1 Å². The van der Waals surface area contributed by atoms with Gasteiger partial charge in [0.05, 0.1) is 13.7 Å². The van der Waals surface area contributed by atoms with Gasteiger partial charge in [0.2, 0.25) is 5.91 Å². The summed E-state index contributed by atoms with van der Waals surface area (Å²) in [7, 11) is 1.63. The number of rotatable bonds is 6. The van der Waals surface area contributed by atoms with Gasteiger partial charge in [0.1, 0.15) is 11.6 Å². The fourth-order valence-corrected chi connectivity index (χ4v) is 3.26. The average Bonchev–Trinajstić information content (AvgIpc) is 3.09. The number of hydrogen-bond acceptors (Lipinski definition) is 3. The van der Waals surface area contributed by atoms with E-state index >= 15 is 0 Å². The highest BCUT2D eigenvalue weighted by Crippen LogP contribution is 2.31. The molecule has 0 saturated carbocycles. The third kappa shape index (κ3) is 4.57. The van der Waals surface area contributed by atoms with Crippen LogP contribution in [0.25, 0.3) is 0 Å². The minimum atomic E-state index is -0.231. The number of hydrogen-bond donors (Lipinski definition) is 1. The molecule has 1 aliphatic heterocycles. The van der Waals surface area contributed by atoms with Gasteiger partial charge in [-0.2, -0.15) is 0 Å². The van der Waals surface area contributed by atoms with Crippen LogP contribution in [0.2, 0.25) is 0 Å². The van der Waals surface area contributed by atoms with Crippen LogP contribution in [-0.2, 0) is 11.3 Å². The maximum atomic E-state index is 13.1. The van der Waals surface area contributed by atoms with Gasteiger partial charge >= 0.3 is 0 Å². The SMILES string of the molecule is COc1ccc(CNC(=O)CN2CCCC2c2ccc(F)cc2)cc1. The van der Waals surface area contributed by atoms with Crippen LogP contribution in [-0.4, -0.2) is 31.0 Å². The molecule has 3 rings (SSSR count). The number of amides is 1. The summed E-state index contributed by atoms with van der Waals surface area (Å²) in [4.78, 5) is 14.5. The molecule has 132 valence electrons. The van der Waals surface area contributed by atoms with E-state index in [1.54, 1.807) is 7.11 Å². The lowest BCUT2D eigenvalue weighted by molar-refractivity contribution is -0.122. The summed E-state index contributed by atoms with van der Waals surface area (Å²) >= 11 is 0. The van der Waals surface area contributed by atoms with Crippen LogP contribution in [0.15, 0.2) is 48.5 Å². The molecule has 0 radical (unpaired) electrons. The fraction of sp³-hybridized carbons (Fsp3) is 0.350. The van der Waals surface area contributed by atoms with Crippen molar-refractivity contribution in [3.63, 3.8) is 0 Å². The smallest absolute Gasteiger partial charge is 0.234 e. The standard InChI is InChI=1S/C20H23FN2O2/c1-25-18-10-4-15(5-11-18)13-22-20(24)14-23-12-2-3-19(23)16-6-8-17(21)9-7-16/h4-11,19H,2-3,12-14H2,1H3,(H,22,24). The second-order valence-electron chi connectivity index (χ2n) is 6.30. The van der Waals surface area contributed by atoms with E-state index in [9.17, 15) is 9.18 Å². The van der Waals surface area contributed by atoms with E-state index in [1.165, 1.54) is 12.1 Å². The number of carbonyl (C=O) groups excluding carboxylic acids is 1. The molecule has 5 heteroatoms. The summed E-state index contributed by atoms with van der Waals surface area (Å²) in [6.45, 7) is 1.74. The molecule has 25 heavy (non-hydrogen) atoms. The topological polar surface area (TPSA) is 41.6 Å².